The first-order valence-corrected chi connectivity index (χ1v) is 6.58. The van der Waals surface area contributed by atoms with Crippen LogP contribution >= 0.6 is 0 Å². The molecule has 3 N–H and O–H groups in total. The average Bonchev–Trinajstić information content (AvgIpc) is 2.72. The summed E-state index contributed by atoms with van der Waals surface area (Å²) in [5.41, 5.74) is 9.41. The Kier molecular flexibility index (Phi) is 2.71. The van der Waals surface area contributed by atoms with Gasteiger partial charge in [0, 0.05) is 23.2 Å². The van der Waals surface area contributed by atoms with Crippen molar-refractivity contribution in [2.75, 3.05) is 6.54 Å². The summed E-state index contributed by atoms with van der Waals surface area (Å²) in [7, 11) is 0. The van der Waals surface area contributed by atoms with Gasteiger partial charge in [0.2, 0.25) is 0 Å². The Hall–Kier alpha value is -1.61. The molecule has 1 saturated carbocycles. The molecule has 0 saturated heterocycles. The Morgan fingerprint density at radius 2 is 2.00 bits per heavy atom. The summed E-state index contributed by atoms with van der Waals surface area (Å²) in [6, 6.07) is 10.3. The maximum Gasteiger partial charge on any atom is 0.114 e. The van der Waals surface area contributed by atoms with Crippen molar-refractivity contribution in [3.63, 3.8) is 0 Å². The van der Waals surface area contributed by atoms with Crippen molar-refractivity contribution >= 4 is 0 Å². The number of imidazole rings is 1. The number of aryl methyl sites for hydroxylation is 1. The Labute approximate surface area is 107 Å². The number of nitrogens with one attached hydrogen (secondary N) is 1. The molecule has 18 heavy (non-hydrogen) atoms. The number of rotatable bonds is 3. The second-order valence-electron chi connectivity index (χ2n) is 5.26. The van der Waals surface area contributed by atoms with E-state index in [0.29, 0.717) is 6.54 Å². The molecule has 0 aliphatic heterocycles. The predicted molar refractivity (Wildman–Crippen MR) is 73.3 cm³/mol. The van der Waals surface area contributed by atoms with Crippen molar-refractivity contribution in [3.05, 3.63) is 41.9 Å². The van der Waals surface area contributed by atoms with Gasteiger partial charge in [-0.25, -0.2) is 4.98 Å². The van der Waals surface area contributed by atoms with Crippen LogP contribution in [-0.2, 0) is 5.41 Å². The fourth-order valence-electron chi connectivity index (χ4n) is 2.73. The molecule has 0 radical (unpaired) electrons. The first kappa shape index (κ1) is 11.5. The van der Waals surface area contributed by atoms with E-state index in [1.54, 1.807) is 0 Å². The molecule has 0 amide bonds. The van der Waals surface area contributed by atoms with Crippen molar-refractivity contribution in [2.24, 2.45) is 5.73 Å². The quantitative estimate of drug-likeness (QED) is 0.868. The van der Waals surface area contributed by atoms with Crippen molar-refractivity contribution in [1.29, 1.82) is 0 Å². The summed E-state index contributed by atoms with van der Waals surface area (Å²) >= 11 is 0. The third kappa shape index (κ3) is 1.66. The zero-order valence-corrected chi connectivity index (χ0v) is 10.7. The molecule has 0 unspecified atom stereocenters. The average molecular weight is 241 g/mol. The molecule has 2 aromatic rings. The van der Waals surface area contributed by atoms with Crippen LogP contribution in [0.2, 0.25) is 0 Å². The normalized spacial score (nSPS) is 17.4. The van der Waals surface area contributed by atoms with Gasteiger partial charge in [0.15, 0.2) is 0 Å². The van der Waals surface area contributed by atoms with Crippen molar-refractivity contribution in [3.8, 4) is 11.3 Å². The van der Waals surface area contributed by atoms with E-state index in [1.807, 2.05) is 18.2 Å². The highest BCUT2D eigenvalue weighted by atomic mass is 15.0. The fourth-order valence-corrected chi connectivity index (χ4v) is 2.73. The number of nitrogens with two attached hydrogens (primary N) is 1. The van der Waals surface area contributed by atoms with Gasteiger partial charge in [0.1, 0.15) is 5.82 Å². The Bertz CT molecular complexity index is 533. The monoisotopic (exact) mass is 241 g/mol. The number of hydrogen-bond donors (Lipinski definition) is 2. The molecule has 0 atom stereocenters. The summed E-state index contributed by atoms with van der Waals surface area (Å²) < 4.78 is 0. The smallest absolute Gasteiger partial charge is 0.114 e. The highest BCUT2D eigenvalue weighted by Crippen LogP contribution is 2.42. The molecular formula is C15H19N3. The Morgan fingerprint density at radius 1 is 1.28 bits per heavy atom. The molecule has 0 bridgehead atoms. The van der Waals surface area contributed by atoms with Gasteiger partial charge in [0.05, 0.1) is 5.69 Å². The third-order valence-electron chi connectivity index (χ3n) is 4.14. The standard InChI is InChI=1S/C15H19N3/c1-11-13(12-6-3-2-4-7-12)18-14(17-11)15(10-16)8-5-9-15/h2-4,6-7H,5,8-10,16H2,1H3,(H,17,18). The van der Waals surface area contributed by atoms with Crippen LogP contribution in [0.25, 0.3) is 11.3 Å². The molecule has 94 valence electrons. The zero-order chi connectivity index (χ0) is 12.6. The van der Waals surface area contributed by atoms with Crippen LogP contribution in [0.3, 0.4) is 0 Å². The molecule has 1 aliphatic rings. The van der Waals surface area contributed by atoms with Gasteiger partial charge in [0.25, 0.3) is 0 Å². The number of nitrogens with zero attached hydrogens (tertiary/aromatic N) is 1. The molecule has 3 nitrogen and oxygen atoms in total. The van der Waals surface area contributed by atoms with E-state index in [-0.39, 0.29) is 5.41 Å². The summed E-state index contributed by atoms with van der Waals surface area (Å²) in [6.07, 6.45) is 3.58. The maximum absolute atomic E-state index is 5.94. The molecule has 1 aliphatic carbocycles. The maximum atomic E-state index is 5.94. The summed E-state index contributed by atoms with van der Waals surface area (Å²) in [4.78, 5) is 8.26. The second kappa shape index (κ2) is 4.25. The largest absolute Gasteiger partial charge is 0.345 e. The van der Waals surface area contributed by atoms with E-state index in [2.05, 4.69) is 24.0 Å². The fraction of sp³-hybridized carbons (Fsp3) is 0.400. The molecule has 1 aromatic carbocycles. The molecule has 3 rings (SSSR count). The van der Waals surface area contributed by atoms with Gasteiger partial charge in [-0.15, -0.1) is 0 Å². The van der Waals surface area contributed by atoms with E-state index >= 15 is 0 Å². The number of H-pyrrole nitrogens is 1. The van der Waals surface area contributed by atoms with Crippen molar-refractivity contribution < 1.29 is 0 Å². The molecular weight excluding hydrogens is 222 g/mol. The molecule has 1 heterocycles. The van der Waals surface area contributed by atoms with E-state index in [9.17, 15) is 0 Å². The van der Waals surface area contributed by atoms with Crippen LogP contribution in [0.1, 0.15) is 30.8 Å². The van der Waals surface area contributed by atoms with Gasteiger partial charge in [-0.3, -0.25) is 0 Å². The van der Waals surface area contributed by atoms with Crippen molar-refractivity contribution in [1.82, 2.24) is 9.97 Å². The number of benzene rings is 1. The van der Waals surface area contributed by atoms with Crippen LogP contribution in [0.5, 0.6) is 0 Å². The van der Waals surface area contributed by atoms with Gasteiger partial charge in [-0.2, -0.15) is 0 Å². The summed E-state index contributed by atoms with van der Waals surface area (Å²) in [5.74, 6) is 1.08. The minimum atomic E-state index is 0.109. The van der Waals surface area contributed by atoms with E-state index < -0.39 is 0 Å². The second-order valence-corrected chi connectivity index (χ2v) is 5.26. The number of aromatic nitrogens is 2. The lowest BCUT2D eigenvalue weighted by atomic mass is 9.68. The highest BCUT2D eigenvalue weighted by Gasteiger charge is 2.40. The molecule has 1 fully saturated rings. The van der Waals surface area contributed by atoms with Crippen LogP contribution < -0.4 is 5.73 Å². The first-order valence-electron chi connectivity index (χ1n) is 6.58. The Balaban J connectivity index is 2.01. The van der Waals surface area contributed by atoms with Crippen LogP contribution in [0, 0.1) is 6.92 Å². The van der Waals surface area contributed by atoms with Crippen LogP contribution in [0.4, 0.5) is 0 Å². The van der Waals surface area contributed by atoms with Crippen molar-refractivity contribution in [2.45, 2.75) is 31.6 Å². The van der Waals surface area contributed by atoms with Crippen LogP contribution in [-0.4, -0.2) is 16.5 Å². The lowest BCUT2D eigenvalue weighted by molar-refractivity contribution is 0.239. The zero-order valence-electron chi connectivity index (χ0n) is 10.7. The SMILES string of the molecule is Cc1[nH]c(C2(CN)CCC2)nc1-c1ccccc1. The summed E-state index contributed by atoms with van der Waals surface area (Å²) in [6.45, 7) is 2.77. The third-order valence-corrected chi connectivity index (χ3v) is 4.14. The summed E-state index contributed by atoms with van der Waals surface area (Å²) in [5, 5.41) is 0. The topological polar surface area (TPSA) is 54.7 Å². The van der Waals surface area contributed by atoms with Gasteiger partial charge in [-0.05, 0) is 19.8 Å². The van der Waals surface area contributed by atoms with Crippen LogP contribution in [0.15, 0.2) is 30.3 Å². The van der Waals surface area contributed by atoms with Gasteiger partial charge in [-0.1, -0.05) is 36.8 Å². The molecule has 3 heteroatoms. The van der Waals surface area contributed by atoms with E-state index in [0.717, 1.165) is 30.1 Å². The predicted octanol–water partition coefficient (Wildman–Crippen LogP) is 2.77. The van der Waals surface area contributed by atoms with E-state index in [1.165, 1.54) is 12.0 Å². The number of hydrogen-bond acceptors (Lipinski definition) is 2. The van der Waals surface area contributed by atoms with Gasteiger partial charge < -0.3 is 10.7 Å². The Morgan fingerprint density at radius 3 is 2.56 bits per heavy atom. The molecule has 1 aromatic heterocycles. The van der Waals surface area contributed by atoms with E-state index in [4.69, 9.17) is 10.7 Å². The first-order chi connectivity index (χ1) is 8.75. The lowest BCUT2D eigenvalue weighted by Gasteiger charge is -2.39. The number of aromatic amines is 1. The van der Waals surface area contributed by atoms with Gasteiger partial charge >= 0.3 is 0 Å². The lowest BCUT2D eigenvalue weighted by Crippen LogP contribution is -2.42. The minimum Gasteiger partial charge on any atom is -0.345 e. The highest BCUT2D eigenvalue weighted by molar-refractivity contribution is 5.62. The minimum absolute atomic E-state index is 0.109. The molecule has 0 spiro atoms.